The van der Waals surface area contributed by atoms with E-state index in [1.165, 1.54) is 0 Å². The van der Waals surface area contributed by atoms with Crippen LogP contribution in [0.2, 0.25) is 0 Å². The Hall–Kier alpha value is -5.03. The highest BCUT2D eigenvalue weighted by Crippen LogP contribution is 1.54. The monoisotopic (exact) mass is 552 g/mol. The first kappa shape index (κ1) is 58.1. The van der Waals surface area contributed by atoms with Gasteiger partial charge in [0.05, 0.1) is 0 Å². The molecular formula is C19H36O18. The molecule has 0 bridgehead atoms. The van der Waals surface area contributed by atoms with Gasteiger partial charge in [-0.2, -0.15) is 0 Å². The Labute approximate surface area is 211 Å². The number of aliphatic carboxylic acids is 9. The minimum atomic E-state index is -0.981. The zero-order valence-corrected chi connectivity index (χ0v) is 21.5. The van der Waals surface area contributed by atoms with Gasteiger partial charge in [0, 0.05) is 61.5 Å². The summed E-state index contributed by atoms with van der Waals surface area (Å²) in [4.78, 5) is 81.2. The van der Waals surface area contributed by atoms with Crippen LogP contribution in [0.3, 0.4) is 0 Å². The summed E-state index contributed by atoms with van der Waals surface area (Å²) in [6.07, 6.45) is 0.833. The first-order valence-corrected chi connectivity index (χ1v) is 8.55. The molecule has 0 saturated heterocycles. The van der Waals surface area contributed by atoms with Crippen LogP contribution in [0, 0.1) is 0 Å². The van der Waals surface area contributed by atoms with Gasteiger partial charge in [-0.05, 0) is 0 Å². The van der Waals surface area contributed by atoms with Gasteiger partial charge in [0.1, 0.15) is 0 Å². The van der Waals surface area contributed by atoms with E-state index in [1.54, 1.807) is 0 Å². The third-order valence-electron chi connectivity index (χ3n) is 0.175. The molecule has 0 saturated carbocycles. The van der Waals surface area contributed by atoms with Crippen LogP contribution >= 0.6 is 0 Å². The first-order valence-electron chi connectivity index (χ1n) is 8.55. The third kappa shape index (κ3) is 2830. The Morgan fingerprint density at radius 2 is 0.378 bits per heavy atom. The molecule has 0 spiro atoms. The zero-order chi connectivity index (χ0) is 32.9. The van der Waals surface area contributed by atoms with Gasteiger partial charge in [0.15, 0.2) is 0 Å². The lowest BCUT2D eigenvalue weighted by atomic mass is 10.7. The molecule has 220 valence electrons. The van der Waals surface area contributed by atoms with Gasteiger partial charge in [-0.15, -0.1) is 0 Å². The molecule has 37 heavy (non-hydrogen) atoms. The van der Waals surface area contributed by atoms with E-state index in [4.69, 9.17) is 84.3 Å². The summed E-state index contributed by atoms with van der Waals surface area (Å²) in [7, 11) is 0. The zero-order valence-electron chi connectivity index (χ0n) is 21.5. The fourth-order valence-corrected chi connectivity index (χ4v) is 0. The molecular weight excluding hydrogens is 516 g/mol. The third-order valence-corrected chi connectivity index (χ3v) is 0.175. The van der Waals surface area contributed by atoms with Crippen molar-refractivity contribution in [2.24, 2.45) is 0 Å². The highest BCUT2D eigenvalue weighted by atomic mass is 16.4. The van der Waals surface area contributed by atoms with E-state index in [0.717, 1.165) is 61.5 Å². The Morgan fingerprint density at radius 1 is 0.351 bits per heavy atom. The minimum absolute atomic E-state index is 0.833. The normalized spacial score (nSPS) is 6.27. The highest BCUT2D eigenvalue weighted by molar-refractivity contribution is 5.78. The lowest BCUT2D eigenvalue weighted by molar-refractivity contribution is -0.135. The molecule has 0 aromatic heterocycles. The Morgan fingerprint density at radius 3 is 0.378 bits per heavy atom. The largest absolute Gasteiger partial charge is 0.481 e. The molecule has 0 unspecified atom stereocenters. The van der Waals surface area contributed by atoms with Gasteiger partial charge in [-0.1, -0.05) is 6.58 Å². The predicted octanol–water partition coefficient (Wildman–Crippen LogP) is 0.984. The van der Waals surface area contributed by atoms with Crippen LogP contribution in [0.25, 0.3) is 0 Å². The smallest absolute Gasteiger partial charge is 0.327 e. The van der Waals surface area contributed by atoms with E-state index in [0.29, 0.717) is 0 Å². The van der Waals surface area contributed by atoms with Crippen molar-refractivity contribution in [3.8, 4) is 0 Å². The Balaban J connectivity index is -0.0000000341. The molecule has 0 aliphatic rings. The van der Waals surface area contributed by atoms with Crippen molar-refractivity contribution in [3.63, 3.8) is 0 Å². The summed E-state index contributed by atoms with van der Waals surface area (Å²) in [5.41, 5.74) is 0. The fourth-order valence-electron chi connectivity index (χ4n) is 0. The summed E-state index contributed by atoms with van der Waals surface area (Å²) >= 11 is 0. The van der Waals surface area contributed by atoms with E-state index >= 15 is 0 Å². The Kier molecular flexibility index (Phi) is 82.8. The SMILES string of the molecule is C=CC(=O)O.CC(=O)O.CC(=O)O.CC(=O)O.CC(=O)O.CC(=O)O.CC(=O)O.CC(=O)O.CC(=O)O. The van der Waals surface area contributed by atoms with Crippen LogP contribution in [0.15, 0.2) is 12.7 Å². The minimum Gasteiger partial charge on any atom is -0.481 e. The summed E-state index contributed by atoms with van der Waals surface area (Å²) in [5.74, 6) is -7.65. The van der Waals surface area contributed by atoms with Crippen molar-refractivity contribution in [2.75, 3.05) is 0 Å². The molecule has 0 fully saturated rings. The Bertz CT molecular complexity index is 488. The fraction of sp³-hybridized carbons (Fsp3) is 0.421. The molecule has 0 radical (unpaired) electrons. The summed E-state index contributed by atoms with van der Waals surface area (Å²) in [6, 6.07) is 0. The maximum absolute atomic E-state index is 9.25. The van der Waals surface area contributed by atoms with Crippen molar-refractivity contribution in [1.82, 2.24) is 0 Å². The molecule has 0 amide bonds. The van der Waals surface area contributed by atoms with Crippen LogP contribution in [-0.4, -0.2) is 99.7 Å². The molecule has 0 aliphatic carbocycles. The van der Waals surface area contributed by atoms with Gasteiger partial charge in [0.2, 0.25) is 0 Å². The number of rotatable bonds is 1. The van der Waals surface area contributed by atoms with E-state index in [-0.39, 0.29) is 0 Å². The van der Waals surface area contributed by atoms with Crippen molar-refractivity contribution in [3.05, 3.63) is 12.7 Å². The van der Waals surface area contributed by atoms with E-state index in [9.17, 15) is 4.79 Å². The highest BCUT2D eigenvalue weighted by Gasteiger charge is 1.73. The first-order chi connectivity index (χ1) is 16.1. The molecule has 0 rings (SSSR count). The van der Waals surface area contributed by atoms with Crippen LogP contribution in [0.4, 0.5) is 0 Å². The van der Waals surface area contributed by atoms with E-state index in [2.05, 4.69) is 6.58 Å². The number of hydrogen-bond donors (Lipinski definition) is 9. The molecule has 18 nitrogen and oxygen atoms in total. The maximum Gasteiger partial charge on any atom is 0.327 e. The summed E-state index contributed by atoms with van der Waals surface area (Å²) < 4.78 is 0. The molecule has 9 N–H and O–H groups in total. The summed E-state index contributed by atoms with van der Waals surface area (Å²) in [6.45, 7) is 11.6. The average Bonchev–Trinajstić information content (AvgIpc) is 2.50. The van der Waals surface area contributed by atoms with Gasteiger partial charge in [-0.3, -0.25) is 38.4 Å². The predicted molar refractivity (Wildman–Crippen MR) is 124 cm³/mol. The molecule has 0 heterocycles. The van der Waals surface area contributed by atoms with Gasteiger partial charge < -0.3 is 46.0 Å². The molecule has 0 aromatic carbocycles. The van der Waals surface area contributed by atoms with Gasteiger partial charge in [-0.25, -0.2) is 4.79 Å². The second-order valence-electron chi connectivity index (χ2n) is 4.69. The lowest BCUT2D eigenvalue weighted by Crippen LogP contribution is -1.82. The standard InChI is InChI=1S/C3H4O2.8C2H4O2/c1-2-3(4)5;8*1-2(3)4/h2H,1H2,(H,4,5);8*1H3,(H,3,4). The van der Waals surface area contributed by atoms with Crippen LogP contribution in [0.1, 0.15) is 55.4 Å². The molecule has 0 aliphatic heterocycles. The second-order valence-corrected chi connectivity index (χ2v) is 4.69. The number of carbonyl (C=O) groups is 9. The topological polar surface area (TPSA) is 336 Å². The molecule has 18 heteroatoms. The number of carboxylic acids is 9. The van der Waals surface area contributed by atoms with Crippen molar-refractivity contribution < 1.29 is 89.1 Å². The second kappa shape index (κ2) is 52.7. The quantitative estimate of drug-likeness (QED) is 0.204. The maximum atomic E-state index is 9.25. The summed E-state index contributed by atoms with van der Waals surface area (Å²) in [5, 5.41) is 66.9. The van der Waals surface area contributed by atoms with Gasteiger partial charge >= 0.3 is 5.97 Å². The van der Waals surface area contributed by atoms with Crippen molar-refractivity contribution in [2.45, 2.75) is 55.4 Å². The molecule has 0 atom stereocenters. The number of carboxylic acid groups (broad SMARTS) is 9. The van der Waals surface area contributed by atoms with Gasteiger partial charge in [0.25, 0.3) is 47.8 Å². The van der Waals surface area contributed by atoms with E-state index < -0.39 is 53.7 Å². The average molecular weight is 552 g/mol. The van der Waals surface area contributed by atoms with E-state index in [1.807, 2.05) is 0 Å². The van der Waals surface area contributed by atoms with Crippen LogP contribution in [0.5, 0.6) is 0 Å². The molecule has 0 aromatic rings. The lowest BCUT2D eigenvalue weighted by Gasteiger charge is -1.64. The van der Waals surface area contributed by atoms with Crippen molar-refractivity contribution >= 4 is 53.7 Å². The van der Waals surface area contributed by atoms with Crippen LogP contribution in [-0.2, 0) is 43.2 Å². The van der Waals surface area contributed by atoms with Crippen LogP contribution < -0.4 is 0 Å². The van der Waals surface area contributed by atoms with Crippen molar-refractivity contribution in [1.29, 1.82) is 0 Å². The number of hydrogen-bond acceptors (Lipinski definition) is 9.